The summed E-state index contributed by atoms with van der Waals surface area (Å²) in [6.07, 6.45) is 5.20. The minimum absolute atomic E-state index is 0.0317. The van der Waals surface area contributed by atoms with Crippen LogP contribution in [0.2, 0.25) is 0 Å². The van der Waals surface area contributed by atoms with Gasteiger partial charge in [0.05, 0.1) is 22.4 Å². The van der Waals surface area contributed by atoms with Gasteiger partial charge < -0.3 is 4.90 Å². The second-order valence-corrected chi connectivity index (χ2v) is 9.62. The molecule has 4 fully saturated rings. The van der Waals surface area contributed by atoms with Crippen LogP contribution in [0.5, 0.6) is 0 Å². The van der Waals surface area contributed by atoms with Crippen molar-refractivity contribution in [1.82, 2.24) is 9.21 Å². The number of sulfonamides is 1. The maximum Gasteiger partial charge on any atom is 0.243 e. The lowest BCUT2D eigenvalue weighted by molar-refractivity contribution is -0.141. The van der Waals surface area contributed by atoms with E-state index in [0.29, 0.717) is 18.0 Å². The first-order valence-corrected chi connectivity index (χ1v) is 10.7. The molecule has 26 heavy (non-hydrogen) atoms. The summed E-state index contributed by atoms with van der Waals surface area (Å²) in [6.45, 7) is 1.38. The molecule has 5 rings (SSSR count). The number of piperidine rings is 1. The molecule has 6 nitrogen and oxygen atoms in total. The van der Waals surface area contributed by atoms with Crippen molar-refractivity contribution >= 4 is 15.9 Å². The molecule has 4 aliphatic rings. The van der Waals surface area contributed by atoms with Gasteiger partial charge in [-0.25, -0.2) is 8.42 Å². The second-order valence-electron chi connectivity index (χ2n) is 7.68. The van der Waals surface area contributed by atoms with Gasteiger partial charge in [-0.2, -0.15) is 9.57 Å². The SMILES string of the molecule is N#Cc1cccc(S(=O)(=O)N2C[C@@H]3CC[C@H](C2)N(CC2CCC2)C3=O)c1. The Morgan fingerprint density at radius 3 is 2.65 bits per heavy atom. The molecule has 0 N–H and O–H groups in total. The summed E-state index contributed by atoms with van der Waals surface area (Å²) < 4.78 is 27.7. The molecule has 3 heterocycles. The Balaban J connectivity index is 1.60. The molecular weight excluding hydrogens is 350 g/mol. The summed E-state index contributed by atoms with van der Waals surface area (Å²) in [6, 6.07) is 8.08. The molecule has 0 radical (unpaired) electrons. The third-order valence-corrected chi connectivity index (χ3v) is 7.87. The fourth-order valence-electron chi connectivity index (χ4n) is 4.27. The maximum atomic E-state index is 13.1. The van der Waals surface area contributed by atoms with Crippen LogP contribution in [-0.4, -0.2) is 49.2 Å². The Hall–Kier alpha value is -1.91. The highest BCUT2D eigenvalue weighted by Crippen LogP contribution is 2.35. The van der Waals surface area contributed by atoms with E-state index in [1.807, 2.05) is 11.0 Å². The fraction of sp³-hybridized carbons (Fsp3) is 0.579. The number of fused-ring (bicyclic) bond motifs is 4. The zero-order valence-electron chi connectivity index (χ0n) is 14.7. The molecule has 0 unspecified atom stereocenters. The third kappa shape index (κ3) is 3.01. The first-order valence-electron chi connectivity index (χ1n) is 9.30. The van der Waals surface area contributed by atoms with E-state index in [2.05, 4.69) is 0 Å². The average molecular weight is 373 g/mol. The standard InChI is InChI=1S/C19H23N3O3S/c20-10-15-5-2-6-18(9-15)26(24,25)21-12-16-7-8-17(13-21)22(19(16)23)11-14-3-1-4-14/h2,5-6,9,14,16-17H,1,3-4,7-8,11-13H2/t16-,17+/m0/s1. The molecule has 1 saturated carbocycles. The number of carbonyl (C=O) groups is 1. The number of hydrogen-bond donors (Lipinski definition) is 0. The molecule has 138 valence electrons. The number of carbonyl (C=O) groups excluding carboxylic acids is 1. The van der Waals surface area contributed by atoms with Crippen LogP contribution in [0.4, 0.5) is 0 Å². The third-order valence-electron chi connectivity index (χ3n) is 6.04. The molecule has 3 saturated heterocycles. The highest BCUT2D eigenvalue weighted by Gasteiger charge is 2.44. The predicted molar refractivity (Wildman–Crippen MR) is 95.5 cm³/mol. The fourth-order valence-corrected chi connectivity index (χ4v) is 5.84. The molecule has 2 bridgehead atoms. The summed E-state index contributed by atoms with van der Waals surface area (Å²) in [7, 11) is -3.71. The van der Waals surface area contributed by atoms with Crippen molar-refractivity contribution in [3.05, 3.63) is 29.8 Å². The van der Waals surface area contributed by atoms with E-state index in [4.69, 9.17) is 5.26 Å². The number of rotatable bonds is 4. The molecule has 0 aromatic heterocycles. The van der Waals surface area contributed by atoms with Gasteiger partial charge in [-0.05, 0) is 49.8 Å². The lowest BCUT2D eigenvalue weighted by atomic mass is 9.83. The van der Waals surface area contributed by atoms with E-state index in [0.717, 1.165) is 19.4 Å². The van der Waals surface area contributed by atoms with Crippen LogP contribution >= 0.6 is 0 Å². The molecular formula is C19H23N3O3S. The van der Waals surface area contributed by atoms with Crippen molar-refractivity contribution in [2.75, 3.05) is 19.6 Å². The predicted octanol–water partition coefficient (Wildman–Crippen LogP) is 1.97. The summed E-state index contributed by atoms with van der Waals surface area (Å²) in [5, 5.41) is 9.05. The maximum absolute atomic E-state index is 13.1. The van der Waals surface area contributed by atoms with E-state index >= 15 is 0 Å². The largest absolute Gasteiger partial charge is 0.338 e. The minimum Gasteiger partial charge on any atom is -0.338 e. The molecule has 7 heteroatoms. The van der Waals surface area contributed by atoms with Crippen molar-refractivity contribution in [3.63, 3.8) is 0 Å². The smallest absolute Gasteiger partial charge is 0.243 e. The minimum atomic E-state index is -3.71. The lowest BCUT2D eigenvalue weighted by Crippen LogP contribution is -2.50. The van der Waals surface area contributed by atoms with Crippen molar-refractivity contribution < 1.29 is 13.2 Å². The zero-order chi connectivity index (χ0) is 18.3. The van der Waals surface area contributed by atoms with Gasteiger partial charge in [0, 0.05) is 25.7 Å². The van der Waals surface area contributed by atoms with Crippen molar-refractivity contribution in [3.8, 4) is 6.07 Å². The number of benzene rings is 1. The van der Waals surface area contributed by atoms with E-state index in [-0.39, 0.29) is 29.3 Å². The van der Waals surface area contributed by atoms with Crippen molar-refractivity contribution in [2.45, 2.75) is 43.0 Å². The van der Waals surface area contributed by atoms with E-state index in [9.17, 15) is 13.2 Å². The number of nitriles is 1. The number of nitrogens with zero attached hydrogens (tertiary/aromatic N) is 3. The van der Waals surface area contributed by atoms with Crippen LogP contribution < -0.4 is 0 Å². The van der Waals surface area contributed by atoms with Crippen LogP contribution in [0.15, 0.2) is 29.2 Å². The van der Waals surface area contributed by atoms with E-state index in [1.165, 1.54) is 35.7 Å². The van der Waals surface area contributed by atoms with Crippen LogP contribution in [0.25, 0.3) is 0 Å². The van der Waals surface area contributed by atoms with E-state index < -0.39 is 10.0 Å². The molecule has 1 aromatic carbocycles. The molecule has 3 aliphatic heterocycles. The lowest BCUT2D eigenvalue weighted by Gasteiger charge is -2.40. The van der Waals surface area contributed by atoms with Gasteiger partial charge in [0.15, 0.2) is 0 Å². The Labute approximate surface area is 154 Å². The first-order chi connectivity index (χ1) is 12.5. The Morgan fingerprint density at radius 2 is 1.96 bits per heavy atom. The quantitative estimate of drug-likeness (QED) is 0.808. The van der Waals surface area contributed by atoms with Gasteiger partial charge in [0.1, 0.15) is 0 Å². The number of hydrogen-bond acceptors (Lipinski definition) is 4. The van der Waals surface area contributed by atoms with Crippen molar-refractivity contribution in [2.24, 2.45) is 11.8 Å². The molecule has 0 spiro atoms. The molecule has 1 aliphatic carbocycles. The van der Waals surface area contributed by atoms with Crippen LogP contribution in [0.3, 0.4) is 0 Å². The highest BCUT2D eigenvalue weighted by molar-refractivity contribution is 7.89. The normalized spacial score (nSPS) is 27.0. The molecule has 1 amide bonds. The Morgan fingerprint density at radius 1 is 1.15 bits per heavy atom. The van der Waals surface area contributed by atoms with E-state index in [1.54, 1.807) is 12.1 Å². The Bertz CT molecular complexity index is 857. The van der Waals surface area contributed by atoms with Gasteiger partial charge in [0.25, 0.3) is 0 Å². The number of amides is 1. The van der Waals surface area contributed by atoms with Gasteiger partial charge in [-0.1, -0.05) is 12.5 Å². The van der Waals surface area contributed by atoms with Crippen LogP contribution in [0, 0.1) is 23.2 Å². The summed E-state index contributed by atoms with van der Waals surface area (Å²) in [5.74, 6) is 0.454. The molecule has 2 atom stereocenters. The van der Waals surface area contributed by atoms with Gasteiger partial charge in [-0.3, -0.25) is 4.79 Å². The second kappa shape index (κ2) is 6.67. The topological polar surface area (TPSA) is 81.5 Å². The van der Waals surface area contributed by atoms with Gasteiger partial charge in [-0.15, -0.1) is 0 Å². The van der Waals surface area contributed by atoms with Gasteiger partial charge in [0.2, 0.25) is 15.9 Å². The first kappa shape index (κ1) is 17.5. The monoisotopic (exact) mass is 373 g/mol. The van der Waals surface area contributed by atoms with Crippen molar-refractivity contribution in [1.29, 1.82) is 5.26 Å². The molecule has 1 aromatic rings. The summed E-state index contributed by atoms with van der Waals surface area (Å²) in [4.78, 5) is 14.9. The highest BCUT2D eigenvalue weighted by atomic mass is 32.2. The summed E-state index contributed by atoms with van der Waals surface area (Å²) in [5.41, 5.74) is 0.326. The van der Waals surface area contributed by atoms with Crippen LogP contribution in [-0.2, 0) is 14.8 Å². The average Bonchev–Trinajstić information content (AvgIpc) is 2.90. The van der Waals surface area contributed by atoms with Gasteiger partial charge >= 0.3 is 0 Å². The summed E-state index contributed by atoms with van der Waals surface area (Å²) >= 11 is 0. The van der Waals surface area contributed by atoms with Crippen LogP contribution in [0.1, 0.15) is 37.7 Å². The Kier molecular flexibility index (Phi) is 4.49. The zero-order valence-corrected chi connectivity index (χ0v) is 15.5.